The average molecular weight is 379 g/mol. The fraction of sp³-hybridized carbons (Fsp3) is 0.182. The summed E-state index contributed by atoms with van der Waals surface area (Å²) in [7, 11) is 0. The van der Waals surface area contributed by atoms with Gasteiger partial charge < -0.3 is 10.1 Å². The molecular weight excluding hydrogens is 358 g/mol. The molecule has 0 aliphatic carbocycles. The third kappa shape index (κ3) is 4.26. The van der Waals surface area contributed by atoms with Crippen LogP contribution in [0.2, 0.25) is 0 Å². The molecule has 3 rings (SSSR count). The van der Waals surface area contributed by atoms with Gasteiger partial charge in [-0.25, -0.2) is 4.79 Å². The Hall–Kier alpha value is -2.92. The minimum atomic E-state index is -0.436. The minimum Gasteiger partial charge on any atom is -0.462 e. The first kappa shape index (κ1) is 18.9. The third-order valence-corrected chi connectivity index (χ3v) is 5.10. The summed E-state index contributed by atoms with van der Waals surface area (Å²) in [5, 5.41) is 5.24. The van der Waals surface area contributed by atoms with Crippen LogP contribution in [0.3, 0.4) is 0 Å². The van der Waals surface area contributed by atoms with Crippen LogP contribution in [0.5, 0.6) is 0 Å². The number of carbonyl (C=O) groups is 2. The van der Waals surface area contributed by atoms with Crippen LogP contribution in [0.25, 0.3) is 11.1 Å². The lowest BCUT2D eigenvalue weighted by Crippen LogP contribution is -2.14. The molecule has 0 atom stereocenters. The van der Waals surface area contributed by atoms with Crippen molar-refractivity contribution in [1.29, 1.82) is 0 Å². The molecule has 4 nitrogen and oxygen atoms in total. The van der Waals surface area contributed by atoms with Gasteiger partial charge in [0.1, 0.15) is 10.6 Å². The van der Waals surface area contributed by atoms with Gasteiger partial charge in [-0.1, -0.05) is 49.4 Å². The van der Waals surface area contributed by atoms with Gasteiger partial charge in [-0.3, -0.25) is 4.79 Å². The normalized spacial score (nSPS) is 10.4. The maximum absolute atomic E-state index is 12.6. The van der Waals surface area contributed by atoms with Crippen molar-refractivity contribution in [3.05, 3.63) is 76.7 Å². The number of amides is 1. The number of rotatable bonds is 6. The molecule has 0 spiro atoms. The molecule has 0 unspecified atom stereocenters. The molecule has 27 heavy (non-hydrogen) atoms. The average Bonchev–Trinajstić information content (AvgIpc) is 3.12. The van der Waals surface area contributed by atoms with Gasteiger partial charge >= 0.3 is 5.97 Å². The molecule has 0 fully saturated rings. The first-order chi connectivity index (χ1) is 13.1. The molecule has 1 amide bonds. The lowest BCUT2D eigenvalue weighted by atomic mass is 10.0. The summed E-state index contributed by atoms with van der Waals surface area (Å²) in [6.07, 6.45) is 0.917. The SMILES string of the molecule is CCOC(=O)c1c(-c2ccccc2)csc1NC(=O)c1ccc(CC)cc1. The van der Waals surface area contributed by atoms with Gasteiger partial charge in [0.05, 0.1) is 6.61 Å². The molecule has 1 heterocycles. The highest BCUT2D eigenvalue weighted by atomic mass is 32.1. The highest BCUT2D eigenvalue weighted by Crippen LogP contribution is 2.36. The second-order valence-corrected chi connectivity index (χ2v) is 6.82. The predicted octanol–water partition coefficient (Wildman–Crippen LogP) is 5.41. The number of nitrogens with one attached hydrogen (secondary N) is 1. The Balaban J connectivity index is 1.93. The van der Waals surface area contributed by atoms with Crippen molar-refractivity contribution in [3.8, 4) is 11.1 Å². The molecule has 0 aliphatic rings. The Bertz CT molecular complexity index is 930. The topological polar surface area (TPSA) is 55.4 Å². The van der Waals surface area contributed by atoms with Gasteiger partial charge in [0.25, 0.3) is 5.91 Å². The standard InChI is InChI=1S/C22H21NO3S/c1-3-15-10-12-17(13-11-15)20(24)23-21-19(22(25)26-4-2)18(14-27-21)16-8-6-5-7-9-16/h5-14H,3-4H2,1-2H3,(H,23,24). The first-order valence-corrected chi connectivity index (χ1v) is 9.76. The van der Waals surface area contributed by atoms with E-state index in [4.69, 9.17) is 4.74 Å². The van der Waals surface area contributed by atoms with Crippen LogP contribution >= 0.6 is 11.3 Å². The van der Waals surface area contributed by atoms with Crippen LogP contribution in [-0.2, 0) is 11.2 Å². The van der Waals surface area contributed by atoms with Crippen molar-refractivity contribution < 1.29 is 14.3 Å². The Kier molecular flexibility index (Phi) is 6.04. The van der Waals surface area contributed by atoms with Crippen molar-refractivity contribution in [2.45, 2.75) is 20.3 Å². The predicted molar refractivity (Wildman–Crippen MR) is 109 cm³/mol. The molecule has 0 saturated carbocycles. The van der Waals surface area contributed by atoms with Gasteiger partial charge in [0.2, 0.25) is 0 Å². The number of aryl methyl sites for hydroxylation is 1. The van der Waals surface area contributed by atoms with Crippen LogP contribution in [0, 0.1) is 0 Å². The summed E-state index contributed by atoms with van der Waals surface area (Å²) in [5.74, 6) is -0.682. The van der Waals surface area contributed by atoms with Crippen molar-refractivity contribution in [1.82, 2.24) is 0 Å². The summed E-state index contributed by atoms with van der Waals surface area (Å²) in [4.78, 5) is 25.2. The molecule has 5 heteroatoms. The van der Waals surface area contributed by atoms with Gasteiger partial charge in [0, 0.05) is 16.5 Å². The number of hydrogen-bond acceptors (Lipinski definition) is 4. The third-order valence-electron chi connectivity index (χ3n) is 4.21. The van der Waals surface area contributed by atoms with Crippen LogP contribution in [0.15, 0.2) is 60.0 Å². The monoisotopic (exact) mass is 379 g/mol. The summed E-state index contributed by atoms with van der Waals surface area (Å²) in [6, 6.07) is 17.1. The molecule has 0 aliphatic heterocycles. The van der Waals surface area contributed by atoms with Gasteiger partial charge in [-0.15, -0.1) is 11.3 Å². The van der Waals surface area contributed by atoms with E-state index in [0.29, 0.717) is 16.1 Å². The zero-order chi connectivity index (χ0) is 19.2. The molecule has 1 aromatic heterocycles. The molecule has 0 radical (unpaired) electrons. The summed E-state index contributed by atoms with van der Waals surface area (Å²) in [6.45, 7) is 4.10. The lowest BCUT2D eigenvalue weighted by Gasteiger charge is -2.09. The largest absolute Gasteiger partial charge is 0.462 e. The fourth-order valence-electron chi connectivity index (χ4n) is 2.75. The Morgan fingerprint density at radius 2 is 1.70 bits per heavy atom. The molecule has 2 aromatic carbocycles. The summed E-state index contributed by atoms with van der Waals surface area (Å²) >= 11 is 1.32. The number of thiophene rings is 1. The number of ether oxygens (including phenoxy) is 1. The maximum atomic E-state index is 12.6. The van der Waals surface area contributed by atoms with Gasteiger partial charge in [0.15, 0.2) is 0 Å². The zero-order valence-corrected chi connectivity index (χ0v) is 16.1. The van der Waals surface area contributed by atoms with E-state index in [1.807, 2.05) is 47.8 Å². The van der Waals surface area contributed by atoms with E-state index < -0.39 is 5.97 Å². The number of carbonyl (C=O) groups excluding carboxylic acids is 2. The molecule has 1 N–H and O–H groups in total. The van der Waals surface area contributed by atoms with Crippen LogP contribution in [0.1, 0.15) is 40.1 Å². The van der Waals surface area contributed by atoms with Crippen molar-refractivity contribution >= 4 is 28.2 Å². The Morgan fingerprint density at radius 3 is 2.33 bits per heavy atom. The second kappa shape index (κ2) is 8.64. The minimum absolute atomic E-state index is 0.246. The fourth-order valence-corrected chi connectivity index (χ4v) is 3.71. The van der Waals surface area contributed by atoms with Crippen LogP contribution < -0.4 is 5.32 Å². The number of benzene rings is 2. The second-order valence-electron chi connectivity index (χ2n) is 5.94. The highest BCUT2D eigenvalue weighted by Gasteiger charge is 2.23. The number of hydrogen-bond donors (Lipinski definition) is 1. The smallest absolute Gasteiger partial charge is 0.341 e. The lowest BCUT2D eigenvalue weighted by molar-refractivity contribution is 0.0529. The summed E-state index contributed by atoms with van der Waals surface area (Å²) in [5.41, 5.74) is 3.78. The number of esters is 1. The Labute approximate surface area is 162 Å². The summed E-state index contributed by atoms with van der Waals surface area (Å²) < 4.78 is 5.22. The van der Waals surface area contributed by atoms with E-state index in [2.05, 4.69) is 12.2 Å². The maximum Gasteiger partial charge on any atom is 0.341 e. The van der Waals surface area contributed by atoms with Crippen molar-refractivity contribution in [2.75, 3.05) is 11.9 Å². The van der Waals surface area contributed by atoms with E-state index >= 15 is 0 Å². The van der Waals surface area contributed by atoms with E-state index in [-0.39, 0.29) is 12.5 Å². The quantitative estimate of drug-likeness (QED) is 0.583. The molecule has 0 saturated heterocycles. The Morgan fingerprint density at radius 1 is 1.00 bits per heavy atom. The van der Waals surface area contributed by atoms with Gasteiger partial charge in [-0.2, -0.15) is 0 Å². The molecular formula is C22H21NO3S. The van der Waals surface area contributed by atoms with Gasteiger partial charge in [-0.05, 0) is 36.6 Å². The van der Waals surface area contributed by atoms with E-state index in [0.717, 1.165) is 17.5 Å². The van der Waals surface area contributed by atoms with Crippen molar-refractivity contribution in [2.24, 2.45) is 0 Å². The zero-order valence-electron chi connectivity index (χ0n) is 15.3. The highest BCUT2D eigenvalue weighted by molar-refractivity contribution is 7.15. The van der Waals surface area contributed by atoms with Crippen LogP contribution in [-0.4, -0.2) is 18.5 Å². The van der Waals surface area contributed by atoms with E-state index in [1.54, 1.807) is 19.1 Å². The molecule has 138 valence electrons. The number of anilines is 1. The van der Waals surface area contributed by atoms with Crippen molar-refractivity contribution in [3.63, 3.8) is 0 Å². The first-order valence-electron chi connectivity index (χ1n) is 8.88. The molecule has 0 bridgehead atoms. The van der Waals surface area contributed by atoms with Crippen LogP contribution in [0.4, 0.5) is 5.00 Å². The molecule has 3 aromatic rings. The van der Waals surface area contributed by atoms with E-state index in [9.17, 15) is 9.59 Å². The van der Waals surface area contributed by atoms with E-state index in [1.165, 1.54) is 16.9 Å².